The Kier molecular flexibility index (Phi) is 6.19. The van der Waals surface area contributed by atoms with Gasteiger partial charge >= 0.3 is 6.03 Å². The number of piperidine rings is 1. The van der Waals surface area contributed by atoms with Crippen LogP contribution in [0.1, 0.15) is 12.8 Å². The zero-order valence-electron chi connectivity index (χ0n) is 15.6. The highest BCUT2D eigenvalue weighted by Gasteiger charge is 2.26. The molecule has 2 aromatic rings. The number of rotatable bonds is 4. The summed E-state index contributed by atoms with van der Waals surface area (Å²) < 4.78 is 0. The molecule has 1 saturated heterocycles. The molecule has 1 heterocycles. The van der Waals surface area contributed by atoms with Crippen molar-refractivity contribution >= 4 is 35.8 Å². The lowest BCUT2D eigenvalue weighted by molar-refractivity contribution is 0.150. The van der Waals surface area contributed by atoms with E-state index in [9.17, 15) is 4.79 Å². The van der Waals surface area contributed by atoms with Gasteiger partial charge in [0.1, 0.15) is 0 Å². The van der Waals surface area contributed by atoms with E-state index in [-0.39, 0.29) is 18.4 Å². The fourth-order valence-corrected chi connectivity index (χ4v) is 3.84. The van der Waals surface area contributed by atoms with E-state index in [1.165, 1.54) is 16.0 Å². The van der Waals surface area contributed by atoms with Crippen LogP contribution in [-0.4, -0.2) is 48.6 Å². The number of benzene rings is 2. The lowest BCUT2D eigenvalue weighted by Crippen LogP contribution is -2.48. The summed E-state index contributed by atoms with van der Waals surface area (Å²) in [7, 11) is 1.91. The van der Waals surface area contributed by atoms with Crippen molar-refractivity contribution in [2.24, 2.45) is 0 Å². The van der Waals surface area contributed by atoms with Crippen LogP contribution in [0, 0.1) is 0 Å². The lowest BCUT2D eigenvalue weighted by Gasteiger charge is -2.37. The molecule has 2 aromatic carbocycles. The van der Waals surface area contributed by atoms with Crippen LogP contribution in [0.15, 0.2) is 54.6 Å². The second-order valence-electron chi connectivity index (χ2n) is 7.17. The molecule has 0 unspecified atom stereocenters. The standard InChI is InChI=1S/C22H25N3O.ClH/c1-24(22(26)23-19-8-3-2-4-9-19)20-11-13-25(14-12-20)16-18-15-17-7-5-6-10-21(17)18;/h2-10,15,20H,11-14,16H2,1H3,(H,23,26);1H. The number of fused-ring (bicyclic) bond motifs is 1. The number of likely N-dealkylation sites (tertiary alicyclic amines) is 1. The van der Waals surface area contributed by atoms with Gasteiger partial charge in [0.2, 0.25) is 0 Å². The van der Waals surface area contributed by atoms with Gasteiger partial charge in [0, 0.05) is 38.4 Å². The smallest absolute Gasteiger partial charge is 0.321 e. The zero-order chi connectivity index (χ0) is 17.9. The quantitative estimate of drug-likeness (QED) is 0.881. The predicted molar refractivity (Wildman–Crippen MR) is 113 cm³/mol. The summed E-state index contributed by atoms with van der Waals surface area (Å²) in [5.41, 5.74) is 2.28. The Balaban J connectivity index is 0.00000210. The van der Waals surface area contributed by atoms with Gasteiger partial charge in [0.05, 0.1) is 0 Å². The Morgan fingerprint density at radius 2 is 1.74 bits per heavy atom. The number of hydrogen-bond acceptors (Lipinski definition) is 2. The average Bonchev–Trinajstić information content (AvgIpc) is 2.67. The van der Waals surface area contributed by atoms with Gasteiger partial charge in [-0.25, -0.2) is 4.79 Å². The Hall–Kier alpha value is -2.30. The van der Waals surface area contributed by atoms with E-state index in [1.54, 1.807) is 0 Å². The summed E-state index contributed by atoms with van der Waals surface area (Å²) in [6.07, 6.45) is 4.34. The van der Waals surface area contributed by atoms with Gasteiger partial charge in [-0.05, 0) is 47.1 Å². The summed E-state index contributed by atoms with van der Waals surface area (Å²) in [6, 6.07) is 18.5. The molecule has 5 heteroatoms. The van der Waals surface area contributed by atoms with Crippen LogP contribution in [0.25, 0.3) is 11.6 Å². The van der Waals surface area contributed by atoms with Crippen molar-refractivity contribution in [1.29, 1.82) is 0 Å². The van der Waals surface area contributed by atoms with Crippen molar-refractivity contribution in [3.05, 3.63) is 65.0 Å². The van der Waals surface area contributed by atoms with E-state index in [0.29, 0.717) is 6.04 Å². The van der Waals surface area contributed by atoms with Crippen LogP contribution in [0.3, 0.4) is 0 Å². The summed E-state index contributed by atoms with van der Waals surface area (Å²) in [4.78, 5) is 16.8. The van der Waals surface area contributed by atoms with Crippen LogP contribution in [0.2, 0.25) is 0 Å². The molecule has 27 heavy (non-hydrogen) atoms. The molecule has 4 rings (SSSR count). The maximum absolute atomic E-state index is 12.5. The molecule has 2 aliphatic rings. The van der Waals surface area contributed by atoms with Crippen molar-refractivity contribution in [2.75, 3.05) is 32.0 Å². The van der Waals surface area contributed by atoms with E-state index in [4.69, 9.17) is 0 Å². The molecule has 1 fully saturated rings. The molecular formula is C22H26ClN3O. The van der Waals surface area contributed by atoms with E-state index < -0.39 is 0 Å². The highest BCUT2D eigenvalue weighted by atomic mass is 35.5. The SMILES string of the molecule is CN(C(=O)Nc1ccccc1)C1CCN(CC2=c3ccccc3=C2)CC1.Cl. The molecule has 1 N–H and O–H groups in total. The maximum atomic E-state index is 12.5. The molecule has 0 spiro atoms. The third kappa shape index (κ3) is 4.34. The van der Waals surface area contributed by atoms with Crippen molar-refractivity contribution in [2.45, 2.75) is 18.9 Å². The molecule has 0 saturated carbocycles. The van der Waals surface area contributed by atoms with E-state index >= 15 is 0 Å². The monoisotopic (exact) mass is 383 g/mol. The van der Waals surface area contributed by atoms with Crippen molar-refractivity contribution in [1.82, 2.24) is 9.80 Å². The number of urea groups is 1. The number of nitrogens with zero attached hydrogens (tertiary/aromatic N) is 2. The fourth-order valence-electron chi connectivity index (χ4n) is 3.84. The number of carbonyl (C=O) groups excluding carboxylic acids is 1. The molecule has 1 aliphatic heterocycles. The Morgan fingerprint density at radius 3 is 2.44 bits per heavy atom. The second-order valence-corrected chi connectivity index (χ2v) is 7.17. The number of carbonyl (C=O) groups is 1. The number of para-hydroxylation sites is 1. The van der Waals surface area contributed by atoms with Crippen LogP contribution >= 0.6 is 12.4 Å². The van der Waals surface area contributed by atoms with Crippen molar-refractivity contribution in [3.63, 3.8) is 0 Å². The van der Waals surface area contributed by atoms with E-state index in [0.717, 1.165) is 38.2 Å². The minimum absolute atomic E-state index is 0. The third-order valence-electron chi connectivity index (χ3n) is 5.48. The molecule has 0 atom stereocenters. The first-order chi connectivity index (χ1) is 12.7. The Morgan fingerprint density at radius 1 is 1.07 bits per heavy atom. The minimum Gasteiger partial charge on any atom is -0.325 e. The normalized spacial score (nSPS) is 16.4. The first kappa shape index (κ1) is 19.5. The highest BCUT2D eigenvalue weighted by molar-refractivity contribution is 5.89. The van der Waals surface area contributed by atoms with Gasteiger partial charge in [-0.2, -0.15) is 0 Å². The fraction of sp³-hybridized carbons (Fsp3) is 0.318. The summed E-state index contributed by atoms with van der Waals surface area (Å²) in [5, 5.41) is 5.73. The number of amides is 2. The van der Waals surface area contributed by atoms with Crippen molar-refractivity contribution < 1.29 is 4.79 Å². The molecule has 0 aromatic heterocycles. The van der Waals surface area contributed by atoms with Crippen LogP contribution in [0.4, 0.5) is 10.5 Å². The van der Waals surface area contributed by atoms with Crippen molar-refractivity contribution in [3.8, 4) is 0 Å². The molecular weight excluding hydrogens is 358 g/mol. The van der Waals surface area contributed by atoms with Gasteiger partial charge in [0.15, 0.2) is 0 Å². The maximum Gasteiger partial charge on any atom is 0.321 e. The van der Waals surface area contributed by atoms with Crippen LogP contribution < -0.4 is 15.8 Å². The Bertz CT molecular complexity index is 905. The first-order valence-corrected chi connectivity index (χ1v) is 9.32. The lowest BCUT2D eigenvalue weighted by atomic mass is 9.98. The molecule has 4 nitrogen and oxygen atoms in total. The summed E-state index contributed by atoms with van der Waals surface area (Å²) >= 11 is 0. The molecule has 2 amide bonds. The largest absolute Gasteiger partial charge is 0.325 e. The molecule has 0 radical (unpaired) electrons. The Labute approximate surface area is 166 Å². The number of nitrogens with one attached hydrogen (secondary N) is 1. The predicted octanol–water partition coefficient (Wildman–Crippen LogP) is 2.68. The molecule has 1 aliphatic carbocycles. The third-order valence-corrected chi connectivity index (χ3v) is 5.48. The number of anilines is 1. The number of halogens is 1. The molecule has 0 bridgehead atoms. The van der Waals surface area contributed by atoms with Gasteiger partial charge in [-0.1, -0.05) is 42.5 Å². The van der Waals surface area contributed by atoms with Gasteiger partial charge in [-0.3, -0.25) is 4.90 Å². The van der Waals surface area contributed by atoms with E-state index in [2.05, 4.69) is 40.6 Å². The van der Waals surface area contributed by atoms with Gasteiger partial charge < -0.3 is 10.2 Å². The molecule has 142 valence electrons. The first-order valence-electron chi connectivity index (χ1n) is 9.32. The highest BCUT2D eigenvalue weighted by Crippen LogP contribution is 2.18. The summed E-state index contributed by atoms with van der Waals surface area (Å²) in [5.74, 6) is 0. The van der Waals surface area contributed by atoms with Crippen LogP contribution in [-0.2, 0) is 0 Å². The zero-order valence-corrected chi connectivity index (χ0v) is 16.4. The second kappa shape index (κ2) is 8.59. The average molecular weight is 384 g/mol. The number of hydrogen-bond donors (Lipinski definition) is 1. The van der Waals surface area contributed by atoms with Gasteiger partial charge in [-0.15, -0.1) is 12.4 Å². The summed E-state index contributed by atoms with van der Waals surface area (Å²) in [6.45, 7) is 3.09. The minimum atomic E-state index is -0.0229. The van der Waals surface area contributed by atoms with Crippen LogP contribution in [0.5, 0.6) is 0 Å². The van der Waals surface area contributed by atoms with E-state index in [1.807, 2.05) is 42.3 Å². The topological polar surface area (TPSA) is 35.6 Å². The van der Waals surface area contributed by atoms with Gasteiger partial charge in [0.25, 0.3) is 0 Å².